The van der Waals surface area contributed by atoms with Crippen LogP contribution in [0.2, 0.25) is 0 Å². The third kappa shape index (κ3) is 7.70. The second-order valence-corrected chi connectivity index (χ2v) is 2.34. The van der Waals surface area contributed by atoms with Crippen molar-refractivity contribution in [3.63, 3.8) is 0 Å². The van der Waals surface area contributed by atoms with Crippen LogP contribution in [0.5, 0.6) is 0 Å². The van der Waals surface area contributed by atoms with E-state index in [0.717, 1.165) is 0 Å². The zero-order valence-electron chi connectivity index (χ0n) is 7.04. The lowest BCUT2D eigenvalue weighted by Gasteiger charge is -2.20. The molecule has 6 N–H and O–H groups in total. The maximum absolute atomic E-state index is 8.34. The van der Waals surface area contributed by atoms with Crippen molar-refractivity contribution in [3.05, 3.63) is 0 Å². The summed E-state index contributed by atoms with van der Waals surface area (Å²) in [7, 11) is 3.75. The Morgan fingerprint density at radius 3 is 1.27 bits per heavy atom. The number of aliphatic hydroxyl groups is 3. The summed E-state index contributed by atoms with van der Waals surface area (Å²) in [5.74, 6) is 0. The molecule has 0 atom stereocenters. The molecular formula is C6H18N2O3. The summed E-state index contributed by atoms with van der Waals surface area (Å²) in [6.45, 7) is -1.21. The minimum Gasteiger partial charge on any atom is -0.394 e. The van der Waals surface area contributed by atoms with Crippen LogP contribution >= 0.6 is 0 Å². The van der Waals surface area contributed by atoms with Gasteiger partial charge < -0.3 is 26.4 Å². The standard InChI is InChI=1S/C4H11NO3.C2H7N/c5-4(1-6,2-7)3-8;1-3-2/h6-8H,1-3,5H2;3H,1-2H3. The topological polar surface area (TPSA) is 98.7 Å². The normalized spacial score (nSPS) is 10.4. The van der Waals surface area contributed by atoms with Gasteiger partial charge in [0.15, 0.2) is 0 Å². The van der Waals surface area contributed by atoms with E-state index in [1.807, 2.05) is 14.1 Å². The second-order valence-electron chi connectivity index (χ2n) is 2.34. The van der Waals surface area contributed by atoms with Gasteiger partial charge >= 0.3 is 0 Å². The first-order valence-corrected chi connectivity index (χ1v) is 3.30. The maximum Gasteiger partial charge on any atom is 0.0856 e. The summed E-state index contributed by atoms with van der Waals surface area (Å²) in [6, 6.07) is 0. The summed E-state index contributed by atoms with van der Waals surface area (Å²) < 4.78 is 0. The Morgan fingerprint density at radius 1 is 1.09 bits per heavy atom. The van der Waals surface area contributed by atoms with Crippen LogP contribution in [-0.2, 0) is 0 Å². The average molecular weight is 166 g/mol. The Morgan fingerprint density at radius 2 is 1.27 bits per heavy atom. The molecule has 0 aliphatic carbocycles. The van der Waals surface area contributed by atoms with Gasteiger partial charge in [-0.3, -0.25) is 0 Å². The van der Waals surface area contributed by atoms with Crippen molar-refractivity contribution in [2.24, 2.45) is 5.73 Å². The number of nitrogens with one attached hydrogen (secondary N) is 1. The molecule has 5 heteroatoms. The van der Waals surface area contributed by atoms with E-state index in [-0.39, 0.29) is 0 Å². The van der Waals surface area contributed by atoms with Crippen molar-refractivity contribution in [1.29, 1.82) is 0 Å². The van der Waals surface area contributed by atoms with Crippen LogP contribution in [0.15, 0.2) is 0 Å². The predicted molar refractivity (Wildman–Crippen MR) is 43.2 cm³/mol. The van der Waals surface area contributed by atoms with E-state index in [9.17, 15) is 0 Å². The molecule has 0 heterocycles. The van der Waals surface area contributed by atoms with E-state index < -0.39 is 25.4 Å². The fraction of sp³-hybridized carbons (Fsp3) is 1.00. The molecule has 5 nitrogen and oxygen atoms in total. The molecule has 11 heavy (non-hydrogen) atoms. The van der Waals surface area contributed by atoms with E-state index in [2.05, 4.69) is 5.32 Å². The van der Waals surface area contributed by atoms with Crippen molar-refractivity contribution >= 4 is 0 Å². The molecule has 0 unspecified atom stereocenters. The van der Waals surface area contributed by atoms with Crippen LogP contribution in [-0.4, -0.2) is 54.8 Å². The number of rotatable bonds is 3. The smallest absolute Gasteiger partial charge is 0.0856 e. The molecule has 70 valence electrons. The highest BCUT2D eigenvalue weighted by Crippen LogP contribution is 1.93. The fourth-order valence-electron chi connectivity index (χ4n) is 0.150. The van der Waals surface area contributed by atoms with Gasteiger partial charge in [0.1, 0.15) is 0 Å². The third-order valence-electron chi connectivity index (χ3n) is 0.945. The van der Waals surface area contributed by atoms with Gasteiger partial charge in [-0.25, -0.2) is 0 Å². The molecule has 0 aliphatic heterocycles. The molecule has 0 saturated carbocycles. The Balaban J connectivity index is 0. The second kappa shape index (κ2) is 7.90. The molecule has 0 aliphatic rings. The van der Waals surface area contributed by atoms with Gasteiger partial charge in [0, 0.05) is 0 Å². The monoisotopic (exact) mass is 166 g/mol. The van der Waals surface area contributed by atoms with Gasteiger partial charge in [0.25, 0.3) is 0 Å². The molecule has 0 bridgehead atoms. The third-order valence-corrected chi connectivity index (χ3v) is 0.945. The first-order chi connectivity index (χ1) is 5.10. The Kier molecular flexibility index (Phi) is 9.62. The summed E-state index contributed by atoms with van der Waals surface area (Å²) in [5, 5.41) is 27.8. The molecule has 0 spiro atoms. The van der Waals surface area contributed by atoms with E-state index in [1.54, 1.807) is 0 Å². The molecule has 0 aromatic rings. The highest BCUT2D eigenvalue weighted by Gasteiger charge is 2.20. The zero-order chi connectivity index (χ0) is 9.33. The number of hydrogen-bond acceptors (Lipinski definition) is 5. The van der Waals surface area contributed by atoms with Crippen LogP contribution in [0.3, 0.4) is 0 Å². The Bertz CT molecular complexity index is 68.0. The summed E-state index contributed by atoms with van der Waals surface area (Å²) >= 11 is 0. The molecular weight excluding hydrogens is 148 g/mol. The van der Waals surface area contributed by atoms with E-state index in [1.165, 1.54) is 0 Å². The maximum atomic E-state index is 8.34. The van der Waals surface area contributed by atoms with E-state index in [0.29, 0.717) is 0 Å². The molecule has 0 radical (unpaired) electrons. The summed E-state index contributed by atoms with van der Waals surface area (Å²) in [6.07, 6.45) is 0. The number of hydrogen-bond donors (Lipinski definition) is 5. The van der Waals surface area contributed by atoms with Gasteiger partial charge in [0.05, 0.1) is 25.4 Å². The van der Waals surface area contributed by atoms with Crippen LogP contribution in [0.25, 0.3) is 0 Å². The predicted octanol–water partition coefficient (Wildman–Crippen LogP) is -2.50. The van der Waals surface area contributed by atoms with Crippen LogP contribution in [0.4, 0.5) is 0 Å². The Labute approximate surface area is 66.8 Å². The molecule has 0 aromatic carbocycles. The van der Waals surface area contributed by atoms with Crippen molar-refractivity contribution < 1.29 is 15.3 Å². The molecule has 0 rings (SSSR count). The van der Waals surface area contributed by atoms with Crippen LogP contribution < -0.4 is 11.1 Å². The van der Waals surface area contributed by atoms with Crippen molar-refractivity contribution in [3.8, 4) is 0 Å². The molecule has 0 amide bonds. The highest BCUT2D eigenvalue weighted by atomic mass is 16.3. The minimum absolute atomic E-state index is 0.403. The van der Waals surface area contributed by atoms with Gasteiger partial charge in [-0.05, 0) is 14.1 Å². The van der Waals surface area contributed by atoms with Gasteiger partial charge in [-0.2, -0.15) is 0 Å². The summed E-state index contributed by atoms with van der Waals surface area (Å²) in [5.41, 5.74) is 3.94. The van der Waals surface area contributed by atoms with Gasteiger partial charge in [0.2, 0.25) is 0 Å². The SMILES string of the molecule is CNC.NC(CO)(CO)CO. The van der Waals surface area contributed by atoms with Gasteiger partial charge in [-0.15, -0.1) is 0 Å². The van der Waals surface area contributed by atoms with Crippen molar-refractivity contribution in [2.45, 2.75) is 5.54 Å². The quantitative estimate of drug-likeness (QED) is 0.319. The van der Waals surface area contributed by atoms with Crippen LogP contribution in [0.1, 0.15) is 0 Å². The zero-order valence-corrected chi connectivity index (χ0v) is 7.04. The number of aliphatic hydroxyl groups excluding tert-OH is 3. The Hall–Kier alpha value is -0.200. The average Bonchev–Trinajstić information content (AvgIpc) is 2.05. The lowest BCUT2D eigenvalue weighted by molar-refractivity contribution is 0.0698. The first-order valence-electron chi connectivity index (χ1n) is 3.30. The van der Waals surface area contributed by atoms with Crippen molar-refractivity contribution in [1.82, 2.24) is 5.32 Å². The van der Waals surface area contributed by atoms with E-state index in [4.69, 9.17) is 21.1 Å². The first kappa shape index (κ1) is 13.4. The number of nitrogens with two attached hydrogens (primary N) is 1. The largest absolute Gasteiger partial charge is 0.394 e. The highest BCUT2D eigenvalue weighted by molar-refractivity contribution is 4.80. The fourth-order valence-corrected chi connectivity index (χ4v) is 0.150. The lowest BCUT2D eigenvalue weighted by atomic mass is 10.1. The summed E-state index contributed by atoms with van der Waals surface area (Å²) in [4.78, 5) is 0. The lowest BCUT2D eigenvalue weighted by Crippen LogP contribution is -2.50. The molecule has 0 saturated heterocycles. The van der Waals surface area contributed by atoms with E-state index >= 15 is 0 Å². The van der Waals surface area contributed by atoms with Crippen molar-refractivity contribution in [2.75, 3.05) is 33.9 Å². The molecule has 0 fully saturated rings. The van der Waals surface area contributed by atoms with Gasteiger partial charge in [-0.1, -0.05) is 0 Å². The van der Waals surface area contributed by atoms with Crippen LogP contribution in [0, 0.1) is 0 Å². The minimum atomic E-state index is -1.21. The molecule has 0 aromatic heterocycles.